The lowest BCUT2D eigenvalue weighted by atomic mass is 10.2. The van der Waals surface area contributed by atoms with Gasteiger partial charge in [0.1, 0.15) is 5.75 Å². The molecule has 2 aromatic carbocycles. The lowest BCUT2D eigenvalue weighted by Gasteiger charge is -2.28. The van der Waals surface area contributed by atoms with Crippen molar-refractivity contribution in [3.8, 4) is 5.75 Å². The zero-order valence-corrected chi connectivity index (χ0v) is 18.4. The Labute approximate surface area is 181 Å². The average Bonchev–Trinajstić information content (AvgIpc) is 3.11. The first-order valence-electron chi connectivity index (χ1n) is 8.88. The molecule has 3 aromatic rings. The fraction of sp³-hybridized carbons (Fsp3) is 0.211. The van der Waals surface area contributed by atoms with Gasteiger partial charge in [0.25, 0.3) is 15.9 Å². The summed E-state index contributed by atoms with van der Waals surface area (Å²) < 4.78 is 39.5. The number of anilines is 2. The minimum atomic E-state index is -3.92. The minimum Gasteiger partial charge on any atom is -0.482 e. The van der Waals surface area contributed by atoms with Crippen molar-refractivity contribution < 1.29 is 22.5 Å². The standard InChI is InChI=1S/C19H17BrN4O5S/c1-11-3-5-15(14(20)7-11)23-30(26,27)13-4-6-17-16(8-13)24(19(25)10-28-17)9-18-21-12(2)29-22-18/h3-8,23H,9-10H2,1-2H3. The Hall–Kier alpha value is -2.92. The third-order valence-corrected chi connectivity index (χ3v) is 6.44. The fourth-order valence-electron chi connectivity index (χ4n) is 2.98. The Morgan fingerprint density at radius 2 is 2.00 bits per heavy atom. The van der Waals surface area contributed by atoms with E-state index in [9.17, 15) is 13.2 Å². The fourth-order valence-corrected chi connectivity index (χ4v) is 4.80. The van der Waals surface area contributed by atoms with Crippen LogP contribution in [0.2, 0.25) is 0 Å². The van der Waals surface area contributed by atoms with E-state index in [-0.39, 0.29) is 24.0 Å². The van der Waals surface area contributed by atoms with Gasteiger partial charge >= 0.3 is 0 Å². The summed E-state index contributed by atoms with van der Waals surface area (Å²) >= 11 is 3.37. The lowest BCUT2D eigenvalue weighted by molar-refractivity contribution is -0.121. The molecule has 0 bridgehead atoms. The van der Waals surface area contributed by atoms with E-state index in [4.69, 9.17) is 9.26 Å². The molecule has 156 valence electrons. The van der Waals surface area contributed by atoms with E-state index in [0.29, 0.717) is 33.3 Å². The van der Waals surface area contributed by atoms with Crippen molar-refractivity contribution in [3.63, 3.8) is 0 Å². The molecule has 1 N–H and O–H groups in total. The van der Waals surface area contributed by atoms with Gasteiger partial charge in [0.05, 0.1) is 22.8 Å². The molecule has 4 rings (SSSR count). The molecule has 11 heteroatoms. The number of benzene rings is 2. The van der Waals surface area contributed by atoms with E-state index in [0.717, 1.165) is 5.56 Å². The highest BCUT2D eigenvalue weighted by Gasteiger charge is 2.29. The molecule has 0 spiro atoms. The summed E-state index contributed by atoms with van der Waals surface area (Å²) in [5.74, 6) is 0.734. The molecular weight excluding hydrogens is 476 g/mol. The van der Waals surface area contributed by atoms with Crippen LogP contribution in [0.15, 0.2) is 50.3 Å². The molecule has 0 radical (unpaired) electrons. The van der Waals surface area contributed by atoms with Crippen LogP contribution in [-0.4, -0.2) is 31.1 Å². The molecule has 1 aliphatic heterocycles. The maximum atomic E-state index is 13.0. The highest BCUT2D eigenvalue weighted by atomic mass is 79.9. The van der Waals surface area contributed by atoms with Crippen LogP contribution in [0.25, 0.3) is 0 Å². The molecule has 0 aliphatic carbocycles. The Balaban J connectivity index is 1.68. The van der Waals surface area contributed by atoms with E-state index in [1.165, 1.54) is 23.1 Å². The molecule has 1 aromatic heterocycles. The first-order chi connectivity index (χ1) is 14.2. The number of hydrogen-bond donors (Lipinski definition) is 1. The van der Waals surface area contributed by atoms with Crippen molar-refractivity contribution in [2.45, 2.75) is 25.3 Å². The Morgan fingerprint density at radius 1 is 1.20 bits per heavy atom. The molecule has 30 heavy (non-hydrogen) atoms. The van der Waals surface area contributed by atoms with Crippen LogP contribution in [0.1, 0.15) is 17.3 Å². The normalized spacial score (nSPS) is 13.7. The minimum absolute atomic E-state index is 0.0127. The van der Waals surface area contributed by atoms with Gasteiger partial charge in [-0.1, -0.05) is 11.2 Å². The zero-order chi connectivity index (χ0) is 21.5. The third kappa shape index (κ3) is 4.03. The van der Waals surface area contributed by atoms with Crippen LogP contribution in [-0.2, 0) is 21.4 Å². The quantitative estimate of drug-likeness (QED) is 0.581. The summed E-state index contributed by atoms with van der Waals surface area (Å²) in [5.41, 5.74) is 1.71. The zero-order valence-electron chi connectivity index (χ0n) is 16.0. The number of sulfonamides is 1. The first-order valence-corrected chi connectivity index (χ1v) is 11.2. The van der Waals surface area contributed by atoms with Crippen LogP contribution in [0.3, 0.4) is 0 Å². The SMILES string of the molecule is Cc1ccc(NS(=O)(=O)c2ccc3c(c2)N(Cc2noc(C)n2)C(=O)CO3)c(Br)c1. The molecule has 2 heterocycles. The monoisotopic (exact) mass is 492 g/mol. The number of aromatic nitrogens is 2. The van der Waals surface area contributed by atoms with Gasteiger partial charge in [0.2, 0.25) is 5.89 Å². The van der Waals surface area contributed by atoms with Gasteiger partial charge in [-0.15, -0.1) is 0 Å². The molecule has 0 fully saturated rings. The van der Waals surface area contributed by atoms with Crippen molar-refractivity contribution in [1.82, 2.24) is 10.1 Å². The summed E-state index contributed by atoms with van der Waals surface area (Å²) in [7, 11) is -3.92. The topological polar surface area (TPSA) is 115 Å². The lowest BCUT2D eigenvalue weighted by Crippen LogP contribution is -2.38. The number of nitrogens with one attached hydrogen (secondary N) is 1. The maximum absolute atomic E-state index is 13.0. The number of carbonyl (C=O) groups is 1. The largest absolute Gasteiger partial charge is 0.482 e. The van der Waals surface area contributed by atoms with Crippen molar-refractivity contribution in [1.29, 1.82) is 0 Å². The number of nitrogens with zero attached hydrogens (tertiary/aromatic N) is 3. The first kappa shape index (κ1) is 20.4. The average molecular weight is 493 g/mol. The highest BCUT2D eigenvalue weighted by Crippen LogP contribution is 2.36. The summed E-state index contributed by atoms with van der Waals surface area (Å²) in [6, 6.07) is 9.63. The number of aryl methyl sites for hydroxylation is 2. The van der Waals surface area contributed by atoms with Gasteiger partial charge in [-0.3, -0.25) is 14.4 Å². The van der Waals surface area contributed by atoms with Gasteiger partial charge in [0, 0.05) is 11.4 Å². The van der Waals surface area contributed by atoms with Crippen molar-refractivity contribution in [2.75, 3.05) is 16.2 Å². The van der Waals surface area contributed by atoms with Gasteiger partial charge < -0.3 is 9.26 Å². The Morgan fingerprint density at radius 3 is 2.70 bits per heavy atom. The number of hydrogen-bond acceptors (Lipinski definition) is 7. The highest BCUT2D eigenvalue weighted by molar-refractivity contribution is 9.10. The third-order valence-electron chi connectivity index (χ3n) is 4.42. The molecule has 0 unspecified atom stereocenters. The molecule has 9 nitrogen and oxygen atoms in total. The van der Waals surface area contributed by atoms with Gasteiger partial charge in [-0.25, -0.2) is 8.42 Å². The Kier molecular flexibility index (Phi) is 5.24. The number of carbonyl (C=O) groups excluding carboxylic acids is 1. The van der Waals surface area contributed by atoms with E-state index < -0.39 is 10.0 Å². The summed E-state index contributed by atoms with van der Waals surface area (Å²) in [4.78, 5) is 17.9. The number of rotatable bonds is 5. The second kappa shape index (κ2) is 7.73. The predicted molar refractivity (Wildman–Crippen MR) is 112 cm³/mol. The van der Waals surface area contributed by atoms with E-state index in [1.807, 2.05) is 13.0 Å². The number of halogens is 1. The van der Waals surface area contributed by atoms with Crippen molar-refractivity contribution >= 4 is 43.2 Å². The number of amides is 1. The summed E-state index contributed by atoms with van der Waals surface area (Å²) in [6.45, 7) is 3.42. The summed E-state index contributed by atoms with van der Waals surface area (Å²) in [5, 5.41) is 3.80. The van der Waals surface area contributed by atoms with Crippen LogP contribution >= 0.6 is 15.9 Å². The van der Waals surface area contributed by atoms with Crippen molar-refractivity contribution in [3.05, 3.63) is 58.1 Å². The van der Waals surface area contributed by atoms with Crippen molar-refractivity contribution in [2.24, 2.45) is 0 Å². The molecule has 0 atom stereocenters. The van der Waals surface area contributed by atoms with Gasteiger partial charge in [0.15, 0.2) is 12.4 Å². The second-order valence-electron chi connectivity index (χ2n) is 6.72. The molecule has 0 saturated heterocycles. The van der Waals surface area contributed by atoms with E-state index in [1.54, 1.807) is 19.1 Å². The van der Waals surface area contributed by atoms with Crippen LogP contribution in [0, 0.1) is 13.8 Å². The number of fused-ring (bicyclic) bond motifs is 1. The second-order valence-corrected chi connectivity index (χ2v) is 9.25. The molecule has 0 saturated carbocycles. The van der Waals surface area contributed by atoms with E-state index >= 15 is 0 Å². The maximum Gasteiger partial charge on any atom is 0.265 e. The predicted octanol–water partition coefficient (Wildman–Crippen LogP) is 3.18. The van der Waals surface area contributed by atoms with E-state index in [2.05, 4.69) is 30.8 Å². The van der Waals surface area contributed by atoms with Crippen LogP contribution < -0.4 is 14.4 Å². The Bertz CT molecular complexity index is 1240. The molecule has 1 amide bonds. The molecular formula is C19H17BrN4O5S. The van der Waals surface area contributed by atoms with Gasteiger partial charge in [-0.2, -0.15) is 4.98 Å². The summed E-state index contributed by atoms with van der Waals surface area (Å²) in [6.07, 6.45) is 0. The molecule has 1 aliphatic rings. The smallest absolute Gasteiger partial charge is 0.265 e. The van der Waals surface area contributed by atoms with Gasteiger partial charge in [-0.05, 0) is 58.7 Å². The van der Waals surface area contributed by atoms with Crippen LogP contribution in [0.5, 0.6) is 5.75 Å². The number of ether oxygens (including phenoxy) is 1. The van der Waals surface area contributed by atoms with Crippen LogP contribution in [0.4, 0.5) is 11.4 Å².